The molecule has 0 spiro atoms. The lowest BCUT2D eigenvalue weighted by Gasteiger charge is -2.18. The summed E-state index contributed by atoms with van der Waals surface area (Å²) in [5.41, 5.74) is 0.736. The van der Waals surface area contributed by atoms with Crippen LogP contribution in [0, 0.1) is 6.92 Å². The lowest BCUT2D eigenvalue weighted by atomic mass is 10.2. The fraction of sp³-hybridized carbons (Fsp3) is 0.261. The third-order valence-electron chi connectivity index (χ3n) is 5.30. The van der Waals surface area contributed by atoms with Gasteiger partial charge in [-0.2, -0.15) is 8.78 Å². The lowest BCUT2D eigenvalue weighted by molar-refractivity contribution is -0.121. The Kier molecular flexibility index (Phi) is 6.71. The normalized spacial score (nSPS) is 11.4. The lowest BCUT2D eigenvalue weighted by Crippen LogP contribution is -2.36. The standard InChI is InChI=1S/C23H23F2N7O3/c1-14-9-29-21(30-13-23(24,25)18-4-3-5-20(31-18)35-2)22(34)32(14)12-19(33)28-10-16-8-15-6-7-26-17(15)11-27-16/h3-9,11,26H,10,12-13H2,1-2H3,(H,28,33)(H,29,30). The molecule has 4 aromatic heterocycles. The molecular weight excluding hydrogens is 460 g/mol. The molecule has 0 aliphatic rings. The van der Waals surface area contributed by atoms with E-state index in [-0.39, 0.29) is 24.8 Å². The number of carbonyl (C=O) groups is 1. The number of aryl methyl sites for hydroxylation is 1. The molecule has 35 heavy (non-hydrogen) atoms. The van der Waals surface area contributed by atoms with Crippen molar-refractivity contribution < 1.29 is 18.3 Å². The maximum Gasteiger partial charge on any atom is 0.306 e. The van der Waals surface area contributed by atoms with Crippen LogP contribution in [0.4, 0.5) is 14.6 Å². The Balaban J connectivity index is 1.42. The van der Waals surface area contributed by atoms with Crippen LogP contribution in [0.2, 0.25) is 0 Å². The molecule has 0 fully saturated rings. The molecule has 0 aromatic carbocycles. The Morgan fingerprint density at radius 2 is 2.06 bits per heavy atom. The topological polar surface area (TPSA) is 127 Å². The van der Waals surface area contributed by atoms with Gasteiger partial charge in [0, 0.05) is 29.5 Å². The Morgan fingerprint density at radius 1 is 1.23 bits per heavy atom. The number of hydrogen-bond acceptors (Lipinski definition) is 7. The summed E-state index contributed by atoms with van der Waals surface area (Å²) in [5.74, 6) is -4.09. The molecule has 0 saturated carbocycles. The number of amides is 1. The molecule has 1 amide bonds. The molecular formula is C23H23F2N7O3. The largest absolute Gasteiger partial charge is 0.481 e. The van der Waals surface area contributed by atoms with Crippen LogP contribution in [0.15, 0.2) is 53.7 Å². The molecule has 0 radical (unpaired) electrons. The van der Waals surface area contributed by atoms with Gasteiger partial charge in [0.05, 0.1) is 37.6 Å². The molecule has 182 valence electrons. The number of nitrogens with one attached hydrogen (secondary N) is 3. The quantitative estimate of drug-likeness (QED) is 0.334. The highest BCUT2D eigenvalue weighted by Crippen LogP contribution is 2.27. The van der Waals surface area contributed by atoms with Gasteiger partial charge in [0.15, 0.2) is 5.82 Å². The van der Waals surface area contributed by atoms with E-state index in [1.165, 1.54) is 25.4 Å². The van der Waals surface area contributed by atoms with Crippen molar-refractivity contribution in [2.24, 2.45) is 0 Å². The van der Waals surface area contributed by atoms with Crippen molar-refractivity contribution in [1.29, 1.82) is 0 Å². The van der Waals surface area contributed by atoms with Crippen LogP contribution in [-0.2, 0) is 23.8 Å². The minimum Gasteiger partial charge on any atom is -0.481 e. The van der Waals surface area contributed by atoms with Gasteiger partial charge < -0.3 is 20.4 Å². The van der Waals surface area contributed by atoms with E-state index in [9.17, 15) is 18.4 Å². The van der Waals surface area contributed by atoms with Crippen molar-refractivity contribution in [1.82, 2.24) is 29.8 Å². The van der Waals surface area contributed by atoms with Gasteiger partial charge in [-0.15, -0.1) is 0 Å². The van der Waals surface area contributed by atoms with Gasteiger partial charge >= 0.3 is 5.92 Å². The van der Waals surface area contributed by atoms with Crippen LogP contribution in [0.5, 0.6) is 5.88 Å². The van der Waals surface area contributed by atoms with Gasteiger partial charge in [0.1, 0.15) is 12.2 Å². The summed E-state index contributed by atoms with van der Waals surface area (Å²) < 4.78 is 35.3. The van der Waals surface area contributed by atoms with Gasteiger partial charge in [-0.25, -0.2) is 9.97 Å². The van der Waals surface area contributed by atoms with E-state index in [2.05, 4.69) is 30.6 Å². The summed E-state index contributed by atoms with van der Waals surface area (Å²) in [6.07, 6.45) is 4.80. The van der Waals surface area contributed by atoms with Gasteiger partial charge in [-0.05, 0) is 25.1 Å². The van der Waals surface area contributed by atoms with Crippen molar-refractivity contribution in [2.75, 3.05) is 19.0 Å². The average molecular weight is 483 g/mol. The first-order chi connectivity index (χ1) is 16.8. The monoisotopic (exact) mass is 483 g/mol. The Bertz CT molecular complexity index is 1420. The Labute approximate surface area is 198 Å². The summed E-state index contributed by atoms with van der Waals surface area (Å²) in [6, 6.07) is 7.75. The predicted molar refractivity (Wildman–Crippen MR) is 124 cm³/mol. The smallest absolute Gasteiger partial charge is 0.306 e. The third kappa shape index (κ3) is 5.42. The van der Waals surface area contributed by atoms with Crippen molar-refractivity contribution in [3.05, 3.63) is 76.4 Å². The first kappa shape index (κ1) is 23.8. The molecule has 0 bridgehead atoms. The number of hydrogen-bond donors (Lipinski definition) is 3. The zero-order chi connectivity index (χ0) is 25.0. The van der Waals surface area contributed by atoms with Crippen molar-refractivity contribution in [2.45, 2.75) is 25.9 Å². The number of nitrogens with zero attached hydrogens (tertiary/aromatic N) is 4. The van der Waals surface area contributed by atoms with E-state index in [1.807, 2.05) is 12.1 Å². The average Bonchev–Trinajstić information content (AvgIpc) is 3.33. The molecule has 3 N–H and O–H groups in total. The summed E-state index contributed by atoms with van der Waals surface area (Å²) >= 11 is 0. The molecule has 10 nitrogen and oxygen atoms in total. The van der Waals surface area contributed by atoms with E-state index in [4.69, 9.17) is 4.74 Å². The maximum absolute atomic E-state index is 14.6. The van der Waals surface area contributed by atoms with Crippen LogP contribution in [0.25, 0.3) is 10.9 Å². The summed E-state index contributed by atoms with van der Waals surface area (Å²) in [4.78, 5) is 40.3. The van der Waals surface area contributed by atoms with Gasteiger partial charge in [0.2, 0.25) is 11.8 Å². The zero-order valence-corrected chi connectivity index (χ0v) is 19.0. The highest BCUT2D eigenvalue weighted by Gasteiger charge is 2.34. The second-order valence-electron chi connectivity index (χ2n) is 7.78. The van der Waals surface area contributed by atoms with Crippen LogP contribution >= 0.6 is 0 Å². The minimum atomic E-state index is -3.40. The van der Waals surface area contributed by atoms with E-state index >= 15 is 0 Å². The second kappa shape index (κ2) is 9.87. The number of alkyl halides is 2. The number of halogens is 2. The Hall–Kier alpha value is -4.35. The molecule has 4 aromatic rings. The van der Waals surface area contributed by atoms with Crippen LogP contribution in [0.1, 0.15) is 17.1 Å². The van der Waals surface area contributed by atoms with Crippen molar-refractivity contribution in [3.8, 4) is 5.88 Å². The first-order valence-corrected chi connectivity index (χ1v) is 10.7. The summed E-state index contributed by atoms with van der Waals surface area (Å²) in [6.45, 7) is 0.547. The van der Waals surface area contributed by atoms with E-state index in [0.29, 0.717) is 11.4 Å². The molecule has 0 unspecified atom stereocenters. The Morgan fingerprint density at radius 3 is 2.86 bits per heavy atom. The van der Waals surface area contributed by atoms with Crippen LogP contribution in [0.3, 0.4) is 0 Å². The number of H-pyrrole nitrogens is 1. The number of rotatable bonds is 9. The molecule has 4 heterocycles. The van der Waals surface area contributed by atoms with Gasteiger partial charge in [-0.3, -0.25) is 19.1 Å². The number of aromatic nitrogens is 5. The minimum absolute atomic E-state index is 0.0484. The number of pyridine rings is 2. The number of methoxy groups -OCH3 is 1. The molecule has 0 aliphatic heterocycles. The van der Waals surface area contributed by atoms with E-state index < -0.39 is 29.6 Å². The SMILES string of the molecule is COc1cccc(C(F)(F)CNc2ncc(C)n(CC(=O)NCc3cc4cc[nH]c4cn3)c2=O)n1. The fourth-order valence-electron chi connectivity index (χ4n) is 3.39. The molecule has 0 saturated heterocycles. The van der Waals surface area contributed by atoms with E-state index in [0.717, 1.165) is 21.5 Å². The van der Waals surface area contributed by atoms with Crippen molar-refractivity contribution in [3.63, 3.8) is 0 Å². The van der Waals surface area contributed by atoms with Crippen LogP contribution in [-0.4, -0.2) is 44.1 Å². The number of fused-ring (bicyclic) bond motifs is 1. The highest BCUT2D eigenvalue weighted by atomic mass is 19.3. The maximum atomic E-state index is 14.6. The molecule has 12 heteroatoms. The first-order valence-electron chi connectivity index (χ1n) is 10.7. The number of aromatic amines is 1. The summed E-state index contributed by atoms with van der Waals surface area (Å²) in [7, 11) is 1.33. The fourth-order valence-corrected chi connectivity index (χ4v) is 3.39. The van der Waals surface area contributed by atoms with Crippen molar-refractivity contribution >= 4 is 22.6 Å². The molecule has 0 aliphatic carbocycles. The van der Waals surface area contributed by atoms with Gasteiger partial charge in [0.25, 0.3) is 5.56 Å². The van der Waals surface area contributed by atoms with E-state index in [1.54, 1.807) is 19.3 Å². The number of carbonyl (C=O) groups excluding carboxylic acids is 1. The molecule has 0 atom stereocenters. The number of ether oxygens (including phenoxy) is 1. The highest BCUT2D eigenvalue weighted by molar-refractivity contribution is 5.79. The summed E-state index contributed by atoms with van der Waals surface area (Å²) in [5, 5.41) is 6.06. The molecule has 4 rings (SSSR count). The van der Waals surface area contributed by atoms with Crippen LogP contribution < -0.4 is 20.9 Å². The zero-order valence-electron chi connectivity index (χ0n) is 19.0. The second-order valence-corrected chi connectivity index (χ2v) is 7.78. The third-order valence-corrected chi connectivity index (χ3v) is 5.30. The number of anilines is 1. The van der Waals surface area contributed by atoms with Gasteiger partial charge in [-0.1, -0.05) is 6.07 Å². The predicted octanol–water partition coefficient (Wildman–Crippen LogP) is 2.35.